The second-order valence-electron chi connectivity index (χ2n) is 3.62. The van der Waals surface area contributed by atoms with Crippen molar-refractivity contribution in [2.24, 2.45) is 0 Å². The lowest BCUT2D eigenvalue weighted by Gasteiger charge is -2.06. The molecule has 0 radical (unpaired) electrons. The third-order valence-electron chi connectivity index (χ3n) is 2.44. The SMILES string of the molecule is O=C(O)c1cc(-c2ccc(Cl)cc2Cl)ccc1F. The number of hydrogen-bond donors (Lipinski definition) is 1. The molecule has 92 valence electrons. The Bertz CT molecular complexity index is 626. The Hall–Kier alpha value is -1.58. The third-order valence-corrected chi connectivity index (χ3v) is 2.99. The van der Waals surface area contributed by atoms with E-state index in [-0.39, 0.29) is 0 Å². The summed E-state index contributed by atoms with van der Waals surface area (Å²) in [6, 6.07) is 8.64. The summed E-state index contributed by atoms with van der Waals surface area (Å²) in [7, 11) is 0. The summed E-state index contributed by atoms with van der Waals surface area (Å²) in [6.07, 6.45) is 0. The topological polar surface area (TPSA) is 37.3 Å². The van der Waals surface area contributed by atoms with Crippen LogP contribution in [0, 0.1) is 5.82 Å². The van der Waals surface area contributed by atoms with Crippen LogP contribution in [0.15, 0.2) is 36.4 Å². The molecule has 0 aliphatic rings. The van der Waals surface area contributed by atoms with E-state index in [1.165, 1.54) is 12.1 Å². The molecule has 0 aliphatic carbocycles. The Morgan fingerprint density at radius 2 is 1.83 bits per heavy atom. The molecule has 0 unspecified atom stereocenters. The highest BCUT2D eigenvalue weighted by Crippen LogP contribution is 2.31. The zero-order chi connectivity index (χ0) is 13.3. The van der Waals surface area contributed by atoms with Crippen LogP contribution in [0.1, 0.15) is 10.4 Å². The van der Waals surface area contributed by atoms with Gasteiger partial charge in [0.1, 0.15) is 5.82 Å². The number of hydrogen-bond acceptors (Lipinski definition) is 1. The first-order chi connectivity index (χ1) is 8.49. The van der Waals surface area contributed by atoms with Gasteiger partial charge < -0.3 is 5.11 Å². The van der Waals surface area contributed by atoms with E-state index in [0.29, 0.717) is 21.2 Å². The average Bonchev–Trinajstić information content (AvgIpc) is 2.30. The van der Waals surface area contributed by atoms with Gasteiger partial charge in [0, 0.05) is 15.6 Å². The smallest absolute Gasteiger partial charge is 0.338 e. The summed E-state index contributed by atoms with van der Waals surface area (Å²) in [4.78, 5) is 10.9. The Morgan fingerprint density at radius 3 is 2.44 bits per heavy atom. The van der Waals surface area contributed by atoms with Crippen LogP contribution in [-0.2, 0) is 0 Å². The van der Waals surface area contributed by atoms with Crippen LogP contribution in [0.4, 0.5) is 4.39 Å². The highest BCUT2D eigenvalue weighted by Gasteiger charge is 2.13. The molecule has 0 fully saturated rings. The van der Waals surface area contributed by atoms with Gasteiger partial charge in [-0.1, -0.05) is 35.3 Å². The summed E-state index contributed by atoms with van der Waals surface area (Å²) in [6.45, 7) is 0. The zero-order valence-electron chi connectivity index (χ0n) is 8.95. The van der Waals surface area contributed by atoms with Gasteiger partial charge in [-0.25, -0.2) is 9.18 Å². The van der Waals surface area contributed by atoms with Crippen LogP contribution in [-0.4, -0.2) is 11.1 Å². The van der Waals surface area contributed by atoms with Gasteiger partial charge in [-0.05, 0) is 29.8 Å². The monoisotopic (exact) mass is 284 g/mol. The second-order valence-corrected chi connectivity index (χ2v) is 4.47. The van der Waals surface area contributed by atoms with E-state index in [1.54, 1.807) is 18.2 Å². The fourth-order valence-corrected chi connectivity index (χ4v) is 2.10. The van der Waals surface area contributed by atoms with Gasteiger partial charge in [-0.2, -0.15) is 0 Å². The number of halogens is 3. The first kappa shape index (κ1) is 12.9. The maximum Gasteiger partial charge on any atom is 0.338 e. The van der Waals surface area contributed by atoms with Crippen LogP contribution >= 0.6 is 23.2 Å². The normalized spacial score (nSPS) is 10.4. The van der Waals surface area contributed by atoms with E-state index in [9.17, 15) is 9.18 Å². The quantitative estimate of drug-likeness (QED) is 0.882. The van der Waals surface area contributed by atoms with E-state index in [4.69, 9.17) is 28.3 Å². The molecule has 0 saturated heterocycles. The predicted molar refractivity (Wildman–Crippen MR) is 68.8 cm³/mol. The minimum absolute atomic E-state index is 0.380. The number of aromatic carboxylic acids is 1. The van der Waals surface area contributed by atoms with Crippen molar-refractivity contribution in [1.82, 2.24) is 0 Å². The summed E-state index contributed by atoms with van der Waals surface area (Å²) in [5.41, 5.74) is 0.734. The minimum Gasteiger partial charge on any atom is -0.478 e. The standard InChI is InChI=1S/C13H7Cl2FO2/c14-8-2-3-9(11(15)6-8)7-1-4-12(16)10(5-7)13(17)18/h1-6H,(H,17,18). The summed E-state index contributed by atoms with van der Waals surface area (Å²) in [5.74, 6) is -2.10. The highest BCUT2D eigenvalue weighted by atomic mass is 35.5. The van der Waals surface area contributed by atoms with Gasteiger partial charge in [0.15, 0.2) is 0 Å². The maximum atomic E-state index is 13.3. The van der Waals surface area contributed by atoms with Gasteiger partial charge in [0.2, 0.25) is 0 Å². The lowest BCUT2D eigenvalue weighted by molar-refractivity contribution is 0.0692. The van der Waals surface area contributed by atoms with Gasteiger partial charge in [0.05, 0.1) is 5.56 Å². The van der Waals surface area contributed by atoms with Crippen molar-refractivity contribution >= 4 is 29.2 Å². The summed E-state index contributed by atoms with van der Waals surface area (Å²) in [5, 5.41) is 9.71. The Kier molecular flexibility index (Phi) is 3.55. The Morgan fingerprint density at radius 1 is 1.11 bits per heavy atom. The number of carbonyl (C=O) groups is 1. The summed E-state index contributed by atoms with van der Waals surface area (Å²) < 4.78 is 13.3. The molecule has 2 aromatic rings. The lowest BCUT2D eigenvalue weighted by atomic mass is 10.0. The van der Waals surface area contributed by atoms with Crippen LogP contribution < -0.4 is 0 Å². The average molecular weight is 285 g/mol. The molecule has 0 atom stereocenters. The number of benzene rings is 2. The fraction of sp³-hybridized carbons (Fsp3) is 0. The zero-order valence-corrected chi connectivity index (χ0v) is 10.5. The molecule has 0 aliphatic heterocycles. The van der Waals surface area contributed by atoms with Crippen LogP contribution in [0.25, 0.3) is 11.1 Å². The lowest BCUT2D eigenvalue weighted by Crippen LogP contribution is -2.00. The van der Waals surface area contributed by atoms with E-state index in [2.05, 4.69) is 0 Å². The maximum absolute atomic E-state index is 13.3. The van der Waals surface area contributed by atoms with Crippen molar-refractivity contribution in [3.8, 4) is 11.1 Å². The third kappa shape index (κ3) is 2.47. The van der Waals surface area contributed by atoms with Gasteiger partial charge in [-0.15, -0.1) is 0 Å². The van der Waals surface area contributed by atoms with Gasteiger partial charge >= 0.3 is 5.97 Å². The molecular formula is C13H7Cl2FO2. The Labute approximate surface area is 113 Å². The molecule has 2 rings (SSSR count). The molecule has 0 heterocycles. The predicted octanol–water partition coefficient (Wildman–Crippen LogP) is 4.50. The molecule has 5 heteroatoms. The molecule has 2 aromatic carbocycles. The summed E-state index contributed by atoms with van der Waals surface area (Å²) >= 11 is 11.8. The van der Waals surface area contributed by atoms with E-state index < -0.39 is 17.3 Å². The van der Waals surface area contributed by atoms with E-state index >= 15 is 0 Å². The van der Waals surface area contributed by atoms with Crippen LogP contribution in [0.5, 0.6) is 0 Å². The molecule has 18 heavy (non-hydrogen) atoms. The molecule has 0 aromatic heterocycles. The molecule has 1 N–H and O–H groups in total. The fourth-order valence-electron chi connectivity index (χ4n) is 1.58. The van der Waals surface area contributed by atoms with E-state index in [0.717, 1.165) is 6.07 Å². The molecule has 0 saturated carbocycles. The van der Waals surface area contributed by atoms with Crippen LogP contribution in [0.3, 0.4) is 0 Å². The molecular weight excluding hydrogens is 278 g/mol. The van der Waals surface area contributed by atoms with Crippen molar-refractivity contribution in [2.45, 2.75) is 0 Å². The van der Waals surface area contributed by atoms with Crippen molar-refractivity contribution in [3.63, 3.8) is 0 Å². The molecule has 0 amide bonds. The van der Waals surface area contributed by atoms with Crippen LogP contribution in [0.2, 0.25) is 10.0 Å². The first-order valence-electron chi connectivity index (χ1n) is 4.97. The number of carboxylic acids is 1. The van der Waals surface area contributed by atoms with Crippen molar-refractivity contribution in [2.75, 3.05) is 0 Å². The minimum atomic E-state index is -1.32. The second kappa shape index (κ2) is 4.96. The largest absolute Gasteiger partial charge is 0.478 e. The highest BCUT2D eigenvalue weighted by molar-refractivity contribution is 6.36. The molecule has 2 nitrogen and oxygen atoms in total. The van der Waals surface area contributed by atoms with Gasteiger partial charge in [0.25, 0.3) is 0 Å². The number of rotatable bonds is 2. The Balaban J connectivity index is 2.58. The molecule has 0 spiro atoms. The van der Waals surface area contributed by atoms with E-state index in [1.807, 2.05) is 0 Å². The molecule has 0 bridgehead atoms. The first-order valence-corrected chi connectivity index (χ1v) is 5.73. The van der Waals surface area contributed by atoms with Gasteiger partial charge in [-0.3, -0.25) is 0 Å². The number of carboxylic acid groups (broad SMARTS) is 1. The van der Waals surface area contributed by atoms with Crippen molar-refractivity contribution in [1.29, 1.82) is 0 Å². The van der Waals surface area contributed by atoms with Crippen molar-refractivity contribution < 1.29 is 14.3 Å². The van der Waals surface area contributed by atoms with Crippen molar-refractivity contribution in [3.05, 3.63) is 57.8 Å².